The molecule has 14 heavy (non-hydrogen) atoms. The normalized spacial score (nSPS) is 9.93. The van der Waals surface area contributed by atoms with Gasteiger partial charge in [-0.1, -0.05) is 0 Å². The van der Waals surface area contributed by atoms with Gasteiger partial charge >= 0.3 is 5.97 Å². The Morgan fingerprint density at radius 2 is 2.14 bits per heavy atom. The number of ether oxygens (including phenoxy) is 1. The van der Waals surface area contributed by atoms with Crippen molar-refractivity contribution in [3.8, 4) is 0 Å². The van der Waals surface area contributed by atoms with Crippen molar-refractivity contribution in [2.24, 2.45) is 0 Å². The summed E-state index contributed by atoms with van der Waals surface area (Å²) in [6, 6.07) is 1.55. The SMILES string of the molecule is CCOC(=O)c1cc(C)c(=O)[nH]c1C. The first-order valence-electron chi connectivity index (χ1n) is 4.44. The molecule has 1 aromatic heterocycles. The van der Waals surface area contributed by atoms with Crippen LogP contribution in [0.2, 0.25) is 0 Å². The van der Waals surface area contributed by atoms with Crippen LogP contribution in [0.4, 0.5) is 0 Å². The van der Waals surface area contributed by atoms with Crippen LogP contribution in [0.5, 0.6) is 0 Å². The number of esters is 1. The average molecular weight is 195 g/mol. The van der Waals surface area contributed by atoms with Crippen molar-refractivity contribution < 1.29 is 9.53 Å². The van der Waals surface area contributed by atoms with E-state index >= 15 is 0 Å². The maximum Gasteiger partial charge on any atom is 0.339 e. The summed E-state index contributed by atoms with van der Waals surface area (Å²) in [6.45, 7) is 5.40. The Balaban J connectivity index is 3.16. The van der Waals surface area contributed by atoms with Crippen LogP contribution in [0, 0.1) is 13.8 Å². The van der Waals surface area contributed by atoms with Crippen LogP contribution in [0.25, 0.3) is 0 Å². The van der Waals surface area contributed by atoms with Gasteiger partial charge in [-0.2, -0.15) is 0 Å². The highest BCUT2D eigenvalue weighted by Gasteiger charge is 2.11. The molecule has 0 atom stereocenters. The lowest BCUT2D eigenvalue weighted by Crippen LogP contribution is -2.16. The molecule has 1 N–H and O–H groups in total. The lowest BCUT2D eigenvalue weighted by molar-refractivity contribution is 0.0525. The van der Waals surface area contributed by atoms with Gasteiger partial charge in [0.15, 0.2) is 0 Å². The van der Waals surface area contributed by atoms with E-state index in [0.29, 0.717) is 23.4 Å². The Kier molecular flexibility index (Phi) is 3.06. The molecule has 1 aromatic rings. The number of carbonyl (C=O) groups excluding carboxylic acids is 1. The van der Waals surface area contributed by atoms with E-state index in [1.54, 1.807) is 26.8 Å². The van der Waals surface area contributed by atoms with Crippen molar-refractivity contribution in [2.45, 2.75) is 20.8 Å². The summed E-state index contributed by atoms with van der Waals surface area (Å²) in [4.78, 5) is 25.1. The first-order valence-corrected chi connectivity index (χ1v) is 4.44. The second kappa shape index (κ2) is 4.09. The van der Waals surface area contributed by atoms with Gasteiger partial charge in [-0.3, -0.25) is 4.79 Å². The van der Waals surface area contributed by atoms with Crippen molar-refractivity contribution >= 4 is 5.97 Å². The second-order valence-electron chi connectivity index (χ2n) is 3.04. The standard InChI is InChI=1S/C10H13NO3/c1-4-14-10(13)8-5-6(2)9(12)11-7(8)3/h5H,4H2,1-3H3,(H,11,12). The maximum absolute atomic E-state index is 11.4. The van der Waals surface area contributed by atoms with E-state index in [1.165, 1.54) is 0 Å². The fourth-order valence-electron chi connectivity index (χ4n) is 1.15. The first-order chi connectivity index (χ1) is 6.56. The summed E-state index contributed by atoms with van der Waals surface area (Å²) in [5.41, 5.74) is 1.30. The van der Waals surface area contributed by atoms with E-state index in [9.17, 15) is 9.59 Å². The number of aryl methyl sites for hydroxylation is 2. The molecule has 1 heterocycles. The van der Waals surface area contributed by atoms with E-state index in [2.05, 4.69) is 4.98 Å². The van der Waals surface area contributed by atoms with E-state index in [0.717, 1.165) is 0 Å². The molecule has 0 radical (unpaired) electrons. The van der Waals surface area contributed by atoms with Crippen molar-refractivity contribution in [3.05, 3.63) is 33.2 Å². The summed E-state index contributed by atoms with van der Waals surface area (Å²) in [5.74, 6) is -0.399. The summed E-state index contributed by atoms with van der Waals surface area (Å²) in [6.07, 6.45) is 0. The zero-order valence-corrected chi connectivity index (χ0v) is 8.51. The van der Waals surface area contributed by atoms with Gasteiger partial charge in [-0.25, -0.2) is 4.79 Å². The van der Waals surface area contributed by atoms with E-state index in [4.69, 9.17) is 4.74 Å². The third kappa shape index (κ3) is 2.02. The van der Waals surface area contributed by atoms with Gasteiger partial charge < -0.3 is 9.72 Å². The Morgan fingerprint density at radius 3 is 2.71 bits per heavy atom. The number of nitrogens with one attached hydrogen (secondary N) is 1. The van der Waals surface area contributed by atoms with Gasteiger partial charge in [0.2, 0.25) is 0 Å². The molecule has 4 nitrogen and oxygen atoms in total. The van der Waals surface area contributed by atoms with Crippen LogP contribution in [0.3, 0.4) is 0 Å². The Morgan fingerprint density at radius 1 is 1.50 bits per heavy atom. The van der Waals surface area contributed by atoms with Gasteiger partial charge in [0, 0.05) is 11.3 Å². The molecule has 0 aliphatic carbocycles. The third-order valence-corrected chi connectivity index (χ3v) is 1.92. The number of rotatable bonds is 2. The predicted molar refractivity (Wildman–Crippen MR) is 52.5 cm³/mol. The number of pyridine rings is 1. The summed E-state index contributed by atoms with van der Waals surface area (Å²) < 4.78 is 4.84. The van der Waals surface area contributed by atoms with Crippen LogP contribution < -0.4 is 5.56 Å². The fourth-order valence-corrected chi connectivity index (χ4v) is 1.15. The third-order valence-electron chi connectivity index (χ3n) is 1.92. The van der Waals surface area contributed by atoms with E-state index in [-0.39, 0.29) is 5.56 Å². The first kappa shape index (κ1) is 10.5. The monoisotopic (exact) mass is 195 g/mol. The maximum atomic E-state index is 11.4. The minimum atomic E-state index is -0.399. The predicted octanol–water partition coefficient (Wildman–Crippen LogP) is 1.17. The smallest absolute Gasteiger partial charge is 0.339 e. The molecule has 0 spiro atoms. The number of aromatic nitrogens is 1. The topological polar surface area (TPSA) is 59.2 Å². The molecule has 76 valence electrons. The second-order valence-corrected chi connectivity index (χ2v) is 3.04. The molecule has 0 aromatic carbocycles. The number of hydrogen-bond acceptors (Lipinski definition) is 3. The lowest BCUT2D eigenvalue weighted by Gasteiger charge is -2.05. The lowest BCUT2D eigenvalue weighted by atomic mass is 10.1. The molecule has 0 aliphatic heterocycles. The highest BCUT2D eigenvalue weighted by Crippen LogP contribution is 2.06. The number of H-pyrrole nitrogens is 1. The molecule has 0 unspecified atom stereocenters. The van der Waals surface area contributed by atoms with Crippen LogP contribution in [0.15, 0.2) is 10.9 Å². The number of hydrogen-bond donors (Lipinski definition) is 1. The zero-order chi connectivity index (χ0) is 10.7. The molecule has 1 rings (SSSR count). The number of aromatic amines is 1. The van der Waals surface area contributed by atoms with Crippen LogP contribution in [0.1, 0.15) is 28.5 Å². The highest BCUT2D eigenvalue weighted by atomic mass is 16.5. The van der Waals surface area contributed by atoms with E-state index < -0.39 is 5.97 Å². The minimum Gasteiger partial charge on any atom is -0.462 e. The molecular formula is C10H13NO3. The molecule has 0 aliphatic rings. The molecule has 0 saturated carbocycles. The van der Waals surface area contributed by atoms with E-state index in [1.807, 2.05) is 0 Å². The van der Waals surface area contributed by atoms with Crippen molar-refractivity contribution in [2.75, 3.05) is 6.61 Å². The summed E-state index contributed by atoms with van der Waals surface area (Å²) >= 11 is 0. The molecule has 0 saturated heterocycles. The van der Waals surface area contributed by atoms with Gasteiger partial charge in [0.1, 0.15) is 0 Å². The van der Waals surface area contributed by atoms with Gasteiger partial charge in [0.05, 0.1) is 12.2 Å². The van der Waals surface area contributed by atoms with Crippen LogP contribution in [-0.2, 0) is 4.74 Å². The van der Waals surface area contributed by atoms with Gasteiger partial charge in [0.25, 0.3) is 5.56 Å². The quantitative estimate of drug-likeness (QED) is 0.720. The Bertz CT molecular complexity index is 406. The molecule has 0 fully saturated rings. The number of carbonyl (C=O) groups is 1. The van der Waals surface area contributed by atoms with Gasteiger partial charge in [-0.05, 0) is 26.8 Å². The molecular weight excluding hydrogens is 182 g/mol. The zero-order valence-electron chi connectivity index (χ0n) is 8.51. The van der Waals surface area contributed by atoms with Crippen LogP contribution in [-0.4, -0.2) is 17.6 Å². The highest BCUT2D eigenvalue weighted by molar-refractivity contribution is 5.90. The Hall–Kier alpha value is -1.58. The fraction of sp³-hybridized carbons (Fsp3) is 0.400. The Labute approximate surface area is 81.9 Å². The van der Waals surface area contributed by atoms with Crippen molar-refractivity contribution in [3.63, 3.8) is 0 Å². The minimum absolute atomic E-state index is 0.171. The van der Waals surface area contributed by atoms with Crippen LogP contribution >= 0.6 is 0 Å². The average Bonchev–Trinajstić information content (AvgIpc) is 2.11. The molecule has 0 bridgehead atoms. The van der Waals surface area contributed by atoms with Crippen molar-refractivity contribution in [1.82, 2.24) is 4.98 Å². The largest absolute Gasteiger partial charge is 0.462 e. The molecule has 4 heteroatoms. The van der Waals surface area contributed by atoms with Crippen molar-refractivity contribution in [1.29, 1.82) is 0 Å². The van der Waals surface area contributed by atoms with Gasteiger partial charge in [-0.15, -0.1) is 0 Å². The summed E-state index contributed by atoms with van der Waals surface area (Å²) in [5, 5.41) is 0. The molecule has 0 amide bonds. The summed E-state index contributed by atoms with van der Waals surface area (Å²) in [7, 11) is 0.